The number of halogens is 1. The van der Waals surface area contributed by atoms with E-state index in [9.17, 15) is 8.42 Å². The molecule has 0 amide bonds. The van der Waals surface area contributed by atoms with Crippen molar-refractivity contribution in [1.82, 2.24) is 5.32 Å². The van der Waals surface area contributed by atoms with Gasteiger partial charge in [-0.15, -0.1) is 0 Å². The average Bonchev–Trinajstić information content (AvgIpc) is 2.20. The Morgan fingerprint density at radius 2 is 1.94 bits per heavy atom. The largest absolute Gasteiger partial charge is 0.313 e. The van der Waals surface area contributed by atoms with Gasteiger partial charge in [-0.1, -0.05) is 26.0 Å². The minimum absolute atomic E-state index is 0.0795. The number of hydrogen-bond donors (Lipinski definition) is 2. The third-order valence-electron chi connectivity index (χ3n) is 2.06. The van der Waals surface area contributed by atoms with Crippen LogP contribution in [-0.2, 0) is 10.0 Å². The van der Waals surface area contributed by atoms with E-state index < -0.39 is 10.0 Å². The van der Waals surface area contributed by atoms with E-state index in [4.69, 9.17) is 0 Å². The van der Waals surface area contributed by atoms with E-state index in [2.05, 4.69) is 32.6 Å². The van der Waals surface area contributed by atoms with Crippen LogP contribution in [0.15, 0.2) is 24.3 Å². The van der Waals surface area contributed by atoms with Gasteiger partial charge in [0.15, 0.2) is 0 Å². The third-order valence-corrected chi connectivity index (χ3v) is 4.28. The Kier molecular flexibility index (Phi) is 5.68. The Morgan fingerprint density at radius 1 is 1.29 bits per heavy atom. The standard InChI is InChI=1S/C11H17IN2O2S/c1-9(2)13-7-8-17(15,16)14-11-6-4-3-5-10(11)12/h3-6,9,13-14H,7-8H2,1-2H3. The number of sulfonamides is 1. The zero-order valence-corrected chi connectivity index (χ0v) is 12.9. The highest BCUT2D eigenvalue weighted by atomic mass is 127. The van der Waals surface area contributed by atoms with Gasteiger partial charge in [-0.3, -0.25) is 4.72 Å². The van der Waals surface area contributed by atoms with Crippen LogP contribution in [0.5, 0.6) is 0 Å². The minimum atomic E-state index is -3.27. The average molecular weight is 368 g/mol. The number of rotatable bonds is 6. The smallest absolute Gasteiger partial charge is 0.234 e. The van der Waals surface area contributed by atoms with Gasteiger partial charge in [0.2, 0.25) is 10.0 Å². The van der Waals surface area contributed by atoms with Crippen molar-refractivity contribution in [1.29, 1.82) is 0 Å². The quantitative estimate of drug-likeness (QED) is 0.756. The monoisotopic (exact) mass is 368 g/mol. The first kappa shape index (κ1) is 14.7. The van der Waals surface area contributed by atoms with Gasteiger partial charge in [0.05, 0.1) is 11.4 Å². The Hall–Kier alpha value is -0.340. The summed E-state index contributed by atoms with van der Waals surface area (Å²) in [5.74, 6) is 0.0795. The number of hydrogen-bond acceptors (Lipinski definition) is 3. The molecule has 0 spiro atoms. The van der Waals surface area contributed by atoms with Gasteiger partial charge in [-0.05, 0) is 34.7 Å². The van der Waals surface area contributed by atoms with Gasteiger partial charge >= 0.3 is 0 Å². The van der Waals surface area contributed by atoms with Crippen molar-refractivity contribution in [3.05, 3.63) is 27.8 Å². The van der Waals surface area contributed by atoms with Crippen LogP contribution in [-0.4, -0.2) is 26.8 Å². The van der Waals surface area contributed by atoms with Crippen LogP contribution >= 0.6 is 22.6 Å². The van der Waals surface area contributed by atoms with Crippen molar-refractivity contribution in [2.24, 2.45) is 0 Å². The topological polar surface area (TPSA) is 58.2 Å². The fraction of sp³-hybridized carbons (Fsp3) is 0.455. The number of nitrogens with one attached hydrogen (secondary N) is 2. The highest BCUT2D eigenvalue weighted by Crippen LogP contribution is 2.18. The molecule has 1 aromatic carbocycles. The molecule has 0 radical (unpaired) electrons. The first-order valence-corrected chi connectivity index (χ1v) is 8.12. The van der Waals surface area contributed by atoms with Crippen LogP contribution in [0, 0.1) is 3.57 Å². The molecule has 4 nitrogen and oxygen atoms in total. The van der Waals surface area contributed by atoms with E-state index in [0.29, 0.717) is 18.3 Å². The highest BCUT2D eigenvalue weighted by Gasteiger charge is 2.11. The van der Waals surface area contributed by atoms with Gasteiger partial charge in [0.25, 0.3) is 0 Å². The van der Waals surface area contributed by atoms with Crippen LogP contribution < -0.4 is 10.0 Å². The molecule has 96 valence electrons. The van der Waals surface area contributed by atoms with Crippen LogP contribution in [0.25, 0.3) is 0 Å². The summed E-state index contributed by atoms with van der Waals surface area (Å²) in [6.45, 7) is 4.43. The zero-order chi connectivity index (χ0) is 12.9. The van der Waals surface area contributed by atoms with E-state index in [0.717, 1.165) is 3.57 Å². The molecule has 0 aliphatic heterocycles. The molecule has 0 aliphatic carbocycles. The second-order valence-electron chi connectivity index (χ2n) is 4.01. The summed E-state index contributed by atoms with van der Waals surface area (Å²) in [5, 5.41) is 3.08. The van der Waals surface area contributed by atoms with Crippen LogP contribution in [0.4, 0.5) is 5.69 Å². The lowest BCUT2D eigenvalue weighted by Crippen LogP contribution is -2.31. The maximum atomic E-state index is 11.8. The normalized spacial score (nSPS) is 11.8. The molecule has 0 heterocycles. The summed E-state index contributed by atoms with van der Waals surface area (Å²) in [6, 6.07) is 7.61. The molecule has 6 heteroatoms. The van der Waals surface area contributed by atoms with Crippen LogP contribution in [0.1, 0.15) is 13.8 Å². The molecule has 0 unspecified atom stereocenters. The Balaban J connectivity index is 2.58. The van der Waals surface area contributed by atoms with Gasteiger partial charge in [-0.2, -0.15) is 0 Å². The first-order valence-electron chi connectivity index (χ1n) is 5.39. The molecule has 0 saturated heterocycles. The highest BCUT2D eigenvalue weighted by molar-refractivity contribution is 14.1. The summed E-state index contributed by atoms with van der Waals surface area (Å²) >= 11 is 2.11. The zero-order valence-electron chi connectivity index (χ0n) is 9.90. The van der Waals surface area contributed by atoms with Gasteiger partial charge in [0, 0.05) is 16.2 Å². The van der Waals surface area contributed by atoms with E-state index in [1.165, 1.54) is 0 Å². The van der Waals surface area contributed by atoms with Crippen LogP contribution in [0.2, 0.25) is 0 Å². The first-order chi connectivity index (χ1) is 7.91. The molecule has 2 N–H and O–H groups in total. The number of benzene rings is 1. The van der Waals surface area contributed by atoms with E-state index in [-0.39, 0.29) is 5.75 Å². The van der Waals surface area contributed by atoms with Gasteiger partial charge in [-0.25, -0.2) is 8.42 Å². The van der Waals surface area contributed by atoms with Gasteiger partial charge in [0.1, 0.15) is 0 Å². The van der Waals surface area contributed by atoms with Crippen molar-refractivity contribution in [3.63, 3.8) is 0 Å². The van der Waals surface area contributed by atoms with Crippen molar-refractivity contribution in [2.75, 3.05) is 17.0 Å². The van der Waals surface area contributed by atoms with Crippen molar-refractivity contribution in [3.8, 4) is 0 Å². The molecule has 0 saturated carbocycles. The molecule has 0 aromatic heterocycles. The predicted molar refractivity (Wildman–Crippen MR) is 79.7 cm³/mol. The summed E-state index contributed by atoms with van der Waals surface area (Å²) in [4.78, 5) is 0. The lowest BCUT2D eigenvalue weighted by Gasteiger charge is -2.11. The lowest BCUT2D eigenvalue weighted by atomic mass is 10.3. The molecule has 0 atom stereocenters. The maximum Gasteiger partial charge on any atom is 0.234 e. The SMILES string of the molecule is CC(C)NCCS(=O)(=O)Nc1ccccc1I. The van der Waals surface area contributed by atoms with Crippen LogP contribution in [0.3, 0.4) is 0 Å². The van der Waals surface area contributed by atoms with E-state index >= 15 is 0 Å². The maximum absolute atomic E-state index is 11.8. The summed E-state index contributed by atoms with van der Waals surface area (Å²) in [5.41, 5.74) is 0.637. The Labute approximate surface area is 116 Å². The fourth-order valence-electron chi connectivity index (χ4n) is 1.24. The van der Waals surface area contributed by atoms with E-state index in [1.807, 2.05) is 32.0 Å². The second kappa shape index (κ2) is 6.55. The lowest BCUT2D eigenvalue weighted by molar-refractivity contribution is 0.582. The number of anilines is 1. The molecule has 0 bridgehead atoms. The fourth-order valence-corrected chi connectivity index (χ4v) is 2.95. The predicted octanol–water partition coefficient (Wildman–Crippen LogP) is 2.03. The molecule has 0 aliphatic rings. The van der Waals surface area contributed by atoms with Crippen molar-refractivity contribution >= 4 is 38.3 Å². The van der Waals surface area contributed by atoms with Crippen molar-refractivity contribution in [2.45, 2.75) is 19.9 Å². The summed E-state index contributed by atoms with van der Waals surface area (Å²) < 4.78 is 27.0. The third kappa shape index (κ3) is 5.69. The number of para-hydroxylation sites is 1. The Morgan fingerprint density at radius 3 is 2.53 bits per heavy atom. The molecular formula is C11H17IN2O2S. The molecule has 1 rings (SSSR count). The second-order valence-corrected chi connectivity index (χ2v) is 7.01. The minimum Gasteiger partial charge on any atom is -0.313 e. The molecule has 1 aromatic rings. The van der Waals surface area contributed by atoms with E-state index in [1.54, 1.807) is 6.07 Å². The Bertz CT molecular complexity index is 460. The molecule has 0 fully saturated rings. The van der Waals surface area contributed by atoms with Gasteiger partial charge < -0.3 is 5.32 Å². The molecule has 17 heavy (non-hydrogen) atoms. The molecular weight excluding hydrogens is 351 g/mol. The summed E-state index contributed by atoms with van der Waals surface area (Å²) in [7, 11) is -3.27. The summed E-state index contributed by atoms with van der Waals surface area (Å²) in [6.07, 6.45) is 0. The van der Waals surface area contributed by atoms with Crippen molar-refractivity contribution < 1.29 is 8.42 Å².